The number of piperidine rings is 1. The third-order valence-corrected chi connectivity index (χ3v) is 4.50. The maximum absolute atomic E-state index is 10.7. The summed E-state index contributed by atoms with van der Waals surface area (Å²) in [6, 6.07) is 17.6. The van der Waals surface area contributed by atoms with Crippen LogP contribution in [0.1, 0.15) is 32.6 Å². The van der Waals surface area contributed by atoms with E-state index in [0.717, 1.165) is 36.2 Å². The van der Waals surface area contributed by atoms with Crippen LogP contribution in [0.4, 0.5) is 5.69 Å². The molecular weight excluding hydrogens is 520 g/mol. The van der Waals surface area contributed by atoms with E-state index in [-0.39, 0.29) is 21.1 Å². The van der Waals surface area contributed by atoms with E-state index >= 15 is 0 Å². The van der Waals surface area contributed by atoms with Crippen LogP contribution >= 0.6 is 0 Å². The average Bonchev–Trinajstić information content (AvgIpc) is 2.70. The third-order valence-electron chi connectivity index (χ3n) is 4.50. The zero-order valence-corrected chi connectivity index (χ0v) is 19.3. The van der Waals surface area contributed by atoms with Crippen LogP contribution in [-0.4, -0.2) is 36.7 Å². The molecule has 0 radical (unpaired) electrons. The molecule has 1 amide bonds. The number of carbonyl (C=O) groups excluding carboxylic acids is 2. The van der Waals surface area contributed by atoms with E-state index in [1.54, 1.807) is 13.3 Å². The number of nitrogens with zero attached hydrogens (tertiary/aromatic N) is 1. The molecule has 1 N–H and O–H groups in total. The van der Waals surface area contributed by atoms with Gasteiger partial charge < -0.3 is 26.2 Å². The van der Waals surface area contributed by atoms with Crippen molar-refractivity contribution < 1.29 is 30.7 Å². The zero-order valence-electron chi connectivity index (χ0n) is 16.4. The van der Waals surface area contributed by atoms with Crippen LogP contribution in [-0.2, 0) is 30.7 Å². The van der Waals surface area contributed by atoms with E-state index in [1.807, 2.05) is 54.6 Å². The zero-order chi connectivity index (χ0) is 19.3. The molecule has 28 heavy (non-hydrogen) atoms. The van der Waals surface area contributed by atoms with Crippen molar-refractivity contribution in [2.75, 3.05) is 25.0 Å². The minimum absolute atomic E-state index is 0. The molecule has 2 aromatic rings. The molecule has 1 aliphatic heterocycles. The number of carbonyl (C=O) groups is 1. The number of hydrogen-bond donors (Lipinski definition) is 1. The second-order valence-electron chi connectivity index (χ2n) is 6.65. The number of amides is 1. The maximum atomic E-state index is 10.7. The first kappa shape index (κ1) is 24.3. The number of para-hydroxylation sites is 1. The number of likely N-dealkylation sites (tertiary alicyclic amines) is 1. The summed E-state index contributed by atoms with van der Waals surface area (Å²) in [5.74, 6) is 0.318. The smallest absolute Gasteiger partial charge is 0.490 e. The van der Waals surface area contributed by atoms with Crippen LogP contribution in [0, 0.1) is 6.42 Å². The van der Waals surface area contributed by atoms with Gasteiger partial charge in [0.15, 0.2) is 0 Å². The molecule has 0 aromatic heterocycles. The fourth-order valence-electron chi connectivity index (χ4n) is 3.10. The molecule has 148 valence electrons. The molecule has 0 saturated carbocycles. The van der Waals surface area contributed by atoms with Crippen LogP contribution in [0.5, 0.6) is 0 Å². The monoisotopic (exact) mass is 548 g/mol. The van der Waals surface area contributed by atoms with Gasteiger partial charge in [-0.3, -0.25) is 0 Å². The van der Waals surface area contributed by atoms with Gasteiger partial charge in [-0.05, 0) is 38.5 Å². The number of hydrogen-bond acceptors (Lipinski definition) is 3. The van der Waals surface area contributed by atoms with Crippen LogP contribution < -0.4 is 5.32 Å². The molecule has 4 nitrogen and oxygen atoms in total. The van der Waals surface area contributed by atoms with Crippen molar-refractivity contribution in [1.29, 1.82) is 0 Å². The molecule has 1 fully saturated rings. The van der Waals surface area contributed by atoms with Gasteiger partial charge in [0.05, 0.1) is 6.41 Å². The molecule has 0 bridgehead atoms. The van der Waals surface area contributed by atoms with E-state index < -0.39 is 0 Å². The summed E-state index contributed by atoms with van der Waals surface area (Å²) in [7, 11) is 0. The molecule has 5 heteroatoms. The molecule has 0 atom stereocenters. The summed E-state index contributed by atoms with van der Waals surface area (Å²) in [6.45, 7) is 5.16. The Labute approximate surface area is 183 Å². The van der Waals surface area contributed by atoms with Gasteiger partial charge in [-0.15, -0.1) is 11.8 Å². The third kappa shape index (κ3) is 8.95. The minimum Gasteiger partial charge on any atom is -0.490 e. The summed E-state index contributed by atoms with van der Waals surface area (Å²) < 4.78 is 0. The molecule has 1 heterocycles. The van der Waals surface area contributed by atoms with Crippen molar-refractivity contribution in [2.45, 2.75) is 32.6 Å². The van der Waals surface area contributed by atoms with E-state index in [9.17, 15) is 9.59 Å². The van der Waals surface area contributed by atoms with Crippen LogP contribution in [0.2, 0.25) is 0 Å². The van der Waals surface area contributed by atoms with E-state index in [0.29, 0.717) is 5.78 Å². The predicted octanol–water partition coefficient (Wildman–Crippen LogP) is 4.49. The van der Waals surface area contributed by atoms with Crippen LogP contribution in [0.25, 0.3) is 11.1 Å². The first-order valence-electron chi connectivity index (χ1n) is 9.52. The Balaban J connectivity index is 0.000000277. The van der Waals surface area contributed by atoms with Gasteiger partial charge in [0.2, 0.25) is 0 Å². The first-order valence-corrected chi connectivity index (χ1v) is 9.52. The van der Waals surface area contributed by atoms with Crippen molar-refractivity contribution in [3.63, 3.8) is 0 Å². The number of ketones is 1. The standard InChI is InChI=1S/C13H10NO.C10H18NO.W/c15-10-14-13-9-5-4-8-12(13)11-6-2-1-3-7-11;1-10(12)6-5-9-11-7-3-2-4-8-11;/h1-9H,(H,14,15);2H,3-9H2,1H3;/q2*-1;+2. The molecule has 1 saturated heterocycles. The second kappa shape index (κ2) is 14.3. The first-order chi connectivity index (χ1) is 13.2. The van der Waals surface area contributed by atoms with Crippen molar-refractivity contribution in [1.82, 2.24) is 4.90 Å². The van der Waals surface area contributed by atoms with Gasteiger partial charge in [-0.2, -0.15) is 12.8 Å². The maximum Gasteiger partial charge on any atom is 2.00 e. The van der Waals surface area contributed by atoms with Gasteiger partial charge in [0.1, 0.15) is 5.78 Å². The molecular formula is C23H28N2O2W. The number of benzene rings is 2. The van der Waals surface area contributed by atoms with Gasteiger partial charge >= 0.3 is 21.1 Å². The summed E-state index contributed by atoms with van der Waals surface area (Å²) >= 11 is 0. The average molecular weight is 548 g/mol. The summed E-state index contributed by atoms with van der Waals surface area (Å²) in [5, 5.41) is 2.57. The Bertz CT molecular complexity index is 701. The van der Waals surface area contributed by atoms with Crippen molar-refractivity contribution in [2.24, 2.45) is 0 Å². The number of Topliss-reactive ketones (excluding diaryl/α,β-unsaturated/α-hetero) is 1. The minimum atomic E-state index is 0. The Hall–Kier alpha value is -1.77. The topological polar surface area (TPSA) is 49.4 Å². The molecule has 0 aliphatic carbocycles. The van der Waals surface area contributed by atoms with Gasteiger partial charge in [0.25, 0.3) is 0 Å². The van der Waals surface area contributed by atoms with Crippen LogP contribution in [0.3, 0.4) is 0 Å². The molecule has 2 aromatic carbocycles. The largest absolute Gasteiger partial charge is 2.00 e. The Morgan fingerprint density at radius 2 is 1.71 bits per heavy atom. The van der Waals surface area contributed by atoms with E-state index in [2.05, 4.69) is 16.6 Å². The van der Waals surface area contributed by atoms with Gasteiger partial charge in [-0.25, -0.2) is 0 Å². The Morgan fingerprint density at radius 1 is 1.07 bits per heavy atom. The van der Waals surface area contributed by atoms with Crippen molar-refractivity contribution in [3.05, 3.63) is 61.0 Å². The number of rotatable bonds is 7. The van der Waals surface area contributed by atoms with Crippen LogP contribution in [0.15, 0.2) is 54.6 Å². The van der Waals surface area contributed by atoms with Gasteiger partial charge in [-0.1, -0.05) is 54.1 Å². The fourth-order valence-corrected chi connectivity index (χ4v) is 3.10. The molecule has 0 spiro atoms. The van der Waals surface area contributed by atoms with Crippen molar-refractivity contribution >= 4 is 17.9 Å². The number of nitrogens with one attached hydrogen (secondary N) is 1. The van der Waals surface area contributed by atoms with E-state index in [4.69, 9.17) is 0 Å². The Kier molecular flexibility index (Phi) is 12.4. The summed E-state index contributed by atoms with van der Waals surface area (Å²) in [5.41, 5.74) is 2.86. The van der Waals surface area contributed by atoms with E-state index in [1.165, 1.54) is 25.9 Å². The molecule has 0 unspecified atom stereocenters. The fraction of sp³-hybridized carbons (Fsp3) is 0.348. The predicted molar refractivity (Wildman–Crippen MR) is 111 cm³/mol. The summed E-state index contributed by atoms with van der Waals surface area (Å²) in [6.07, 6.45) is 8.27. The molecule has 3 rings (SSSR count). The normalized spacial score (nSPS) is 13.5. The van der Waals surface area contributed by atoms with Gasteiger partial charge in [0, 0.05) is 6.42 Å². The summed E-state index contributed by atoms with van der Waals surface area (Å²) in [4.78, 5) is 23.4. The second-order valence-corrected chi connectivity index (χ2v) is 6.65. The quantitative estimate of drug-likeness (QED) is 0.410. The SMILES string of the molecule is CC(=O)CCCN1CC[CH-]CC1.O=[C-]Nc1ccccc1-c1ccccc1.[W+2]. The number of anilines is 1. The Morgan fingerprint density at radius 3 is 2.36 bits per heavy atom. The van der Waals surface area contributed by atoms with Crippen molar-refractivity contribution in [3.8, 4) is 11.1 Å². The molecule has 1 aliphatic rings.